The molecule has 126 valence electrons. The number of halogens is 1. The molecule has 0 aliphatic heterocycles. The highest BCUT2D eigenvalue weighted by atomic mass is 79.9. The third kappa shape index (κ3) is 3.32. The highest BCUT2D eigenvalue weighted by Crippen LogP contribution is 2.54. The number of esters is 1. The maximum atomic E-state index is 13.1. The highest BCUT2D eigenvalue weighted by Gasteiger charge is 2.52. The predicted octanol–water partition coefficient (Wildman–Crippen LogP) is 4.20. The van der Waals surface area contributed by atoms with Crippen LogP contribution in [0.15, 0.2) is 33.9 Å². The van der Waals surface area contributed by atoms with Gasteiger partial charge in [0, 0.05) is 15.3 Å². The van der Waals surface area contributed by atoms with Crippen LogP contribution in [0.1, 0.15) is 30.9 Å². The zero-order chi connectivity index (χ0) is 17.3. The second-order valence-electron chi connectivity index (χ2n) is 6.52. The minimum absolute atomic E-state index is 0.184. The summed E-state index contributed by atoms with van der Waals surface area (Å²) in [4.78, 5) is 28.1. The monoisotopic (exact) mass is 391 g/mol. The van der Waals surface area contributed by atoms with Crippen LogP contribution in [0.25, 0.3) is 10.4 Å². The van der Waals surface area contributed by atoms with E-state index >= 15 is 0 Å². The lowest BCUT2D eigenvalue weighted by atomic mass is 9.74. The van der Waals surface area contributed by atoms with Gasteiger partial charge in [-0.15, -0.1) is 0 Å². The van der Waals surface area contributed by atoms with Crippen molar-refractivity contribution < 1.29 is 14.3 Å². The Labute approximate surface area is 148 Å². The van der Waals surface area contributed by atoms with E-state index in [9.17, 15) is 9.59 Å². The molecule has 0 radical (unpaired) electrons. The van der Waals surface area contributed by atoms with Crippen LogP contribution in [0.4, 0.5) is 0 Å². The fourth-order valence-electron chi connectivity index (χ4n) is 3.78. The zero-order valence-electron chi connectivity index (χ0n) is 13.3. The number of rotatable bonds is 5. The van der Waals surface area contributed by atoms with E-state index < -0.39 is 17.9 Å². The Morgan fingerprint density at radius 2 is 1.83 bits per heavy atom. The summed E-state index contributed by atoms with van der Waals surface area (Å²) in [5.41, 5.74) is 9.53. The van der Waals surface area contributed by atoms with Gasteiger partial charge in [-0.1, -0.05) is 33.2 Å². The van der Waals surface area contributed by atoms with Gasteiger partial charge in [0.05, 0.1) is 13.0 Å². The molecule has 0 bridgehead atoms. The third-order valence-electron chi connectivity index (χ3n) is 5.16. The lowest BCUT2D eigenvalue weighted by Crippen LogP contribution is -2.36. The van der Waals surface area contributed by atoms with Crippen molar-refractivity contribution in [3.63, 3.8) is 0 Å². The first-order valence-electron chi connectivity index (χ1n) is 7.96. The number of methoxy groups -OCH3 is 1. The first-order valence-corrected chi connectivity index (χ1v) is 8.75. The largest absolute Gasteiger partial charge is 0.469 e. The summed E-state index contributed by atoms with van der Waals surface area (Å²) in [6, 6.07) is 6.22. The average molecular weight is 392 g/mol. The number of nitrogens with zero attached hydrogens (tertiary/aromatic N) is 3. The molecule has 3 rings (SSSR count). The lowest BCUT2D eigenvalue weighted by Gasteiger charge is -2.29. The lowest BCUT2D eigenvalue weighted by molar-refractivity contribution is -0.152. The third-order valence-corrected chi connectivity index (χ3v) is 5.69. The summed E-state index contributed by atoms with van der Waals surface area (Å²) >= 11 is 3.35. The first-order chi connectivity index (χ1) is 11.5. The van der Waals surface area contributed by atoms with Crippen molar-refractivity contribution in [2.45, 2.75) is 25.3 Å². The van der Waals surface area contributed by atoms with Gasteiger partial charge >= 0.3 is 5.97 Å². The van der Waals surface area contributed by atoms with E-state index in [1.165, 1.54) is 7.11 Å². The van der Waals surface area contributed by atoms with E-state index in [0.717, 1.165) is 10.9 Å². The van der Waals surface area contributed by atoms with Gasteiger partial charge in [0.1, 0.15) is 11.8 Å². The fourth-order valence-corrected chi connectivity index (χ4v) is 4.05. The Hall–Kier alpha value is -1.85. The summed E-state index contributed by atoms with van der Waals surface area (Å²) in [6.45, 7) is 0. The first kappa shape index (κ1) is 17.0. The van der Waals surface area contributed by atoms with Crippen LogP contribution in [-0.4, -0.2) is 18.9 Å². The number of Topliss-reactive ketones (excluding diaryl/α,β-unsaturated/α-hetero) is 1. The molecule has 3 unspecified atom stereocenters. The molecular formula is C17H18BrN3O3. The smallest absolute Gasteiger partial charge is 0.309 e. The molecule has 1 aromatic carbocycles. The van der Waals surface area contributed by atoms with Gasteiger partial charge in [-0.3, -0.25) is 9.59 Å². The molecule has 2 aliphatic carbocycles. The summed E-state index contributed by atoms with van der Waals surface area (Å²) < 4.78 is 5.78. The molecule has 7 heteroatoms. The molecule has 0 saturated heterocycles. The van der Waals surface area contributed by atoms with Crippen molar-refractivity contribution in [1.29, 1.82) is 0 Å². The minimum atomic E-state index is -0.907. The van der Waals surface area contributed by atoms with Crippen LogP contribution < -0.4 is 0 Å². The van der Waals surface area contributed by atoms with Gasteiger partial charge in [0.25, 0.3) is 0 Å². The average Bonchev–Trinajstić information content (AvgIpc) is 3.36. The van der Waals surface area contributed by atoms with Gasteiger partial charge in [0.2, 0.25) is 0 Å². The molecule has 2 aliphatic rings. The molecule has 24 heavy (non-hydrogen) atoms. The maximum absolute atomic E-state index is 13.1. The number of hydrogen-bond donors (Lipinski definition) is 0. The molecule has 2 saturated carbocycles. The molecule has 0 heterocycles. The standard InChI is InChI=1S/C17H18BrN3O3/c1-24-17(23)14-8-11-6-10(11)7-13(14)16(22)15(20-21-19)9-2-4-12(18)5-3-9/h2-5,10-11,13-15H,6-8H2,1H3/t10?,11?,13-,14-,15?/m1/s1. The number of fused-ring (bicyclic) bond motifs is 1. The van der Waals surface area contributed by atoms with Crippen LogP contribution >= 0.6 is 15.9 Å². The van der Waals surface area contributed by atoms with E-state index in [4.69, 9.17) is 10.3 Å². The molecule has 0 N–H and O–H groups in total. The van der Waals surface area contributed by atoms with Gasteiger partial charge in [0.15, 0.2) is 0 Å². The zero-order valence-corrected chi connectivity index (χ0v) is 14.8. The number of carbonyl (C=O) groups excluding carboxylic acids is 2. The Bertz CT molecular complexity index is 700. The van der Waals surface area contributed by atoms with Crippen molar-refractivity contribution in [3.05, 3.63) is 44.7 Å². The molecule has 2 fully saturated rings. The number of ketones is 1. The Kier molecular flexibility index (Phi) is 4.92. The van der Waals surface area contributed by atoms with E-state index in [-0.39, 0.29) is 11.8 Å². The Morgan fingerprint density at radius 1 is 1.21 bits per heavy atom. The van der Waals surface area contributed by atoms with Crippen molar-refractivity contribution >= 4 is 27.7 Å². The van der Waals surface area contributed by atoms with E-state index in [1.54, 1.807) is 24.3 Å². The molecule has 1 aromatic rings. The van der Waals surface area contributed by atoms with Crippen molar-refractivity contribution in [3.8, 4) is 0 Å². The fraction of sp³-hybridized carbons (Fsp3) is 0.529. The summed E-state index contributed by atoms with van der Waals surface area (Å²) in [7, 11) is 1.35. The second-order valence-corrected chi connectivity index (χ2v) is 7.44. The van der Waals surface area contributed by atoms with Gasteiger partial charge in [-0.25, -0.2) is 0 Å². The normalized spacial score (nSPS) is 28.9. The van der Waals surface area contributed by atoms with Crippen molar-refractivity contribution in [1.82, 2.24) is 0 Å². The number of azide groups is 1. The number of hydrogen-bond acceptors (Lipinski definition) is 4. The van der Waals surface area contributed by atoms with Crippen LogP contribution in [0.3, 0.4) is 0 Å². The summed E-state index contributed by atoms with van der Waals surface area (Å²) in [5, 5.41) is 3.72. The predicted molar refractivity (Wildman–Crippen MR) is 90.9 cm³/mol. The van der Waals surface area contributed by atoms with Gasteiger partial charge in [-0.05, 0) is 54.3 Å². The van der Waals surface area contributed by atoms with Crippen molar-refractivity contribution in [2.75, 3.05) is 7.11 Å². The Morgan fingerprint density at radius 3 is 2.42 bits per heavy atom. The Balaban J connectivity index is 1.89. The minimum Gasteiger partial charge on any atom is -0.469 e. The quantitative estimate of drug-likeness (QED) is 0.325. The molecule has 0 spiro atoms. The van der Waals surface area contributed by atoms with Crippen LogP contribution in [-0.2, 0) is 14.3 Å². The molecule has 5 atom stereocenters. The number of ether oxygens (including phenoxy) is 1. The summed E-state index contributed by atoms with van der Waals surface area (Å²) in [6.07, 6.45) is 2.44. The van der Waals surface area contributed by atoms with Gasteiger partial charge in [-0.2, -0.15) is 0 Å². The van der Waals surface area contributed by atoms with E-state index in [0.29, 0.717) is 30.2 Å². The second kappa shape index (κ2) is 6.95. The van der Waals surface area contributed by atoms with E-state index in [2.05, 4.69) is 26.0 Å². The highest BCUT2D eigenvalue weighted by molar-refractivity contribution is 9.10. The maximum Gasteiger partial charge on any atom is 0.309 e. The molecule has 0 aromatic heterocycles. The van der Waals surface area contributed by atoms with Crippen molar-refractivity contribution in [2.24, 2.45) is 28.8 Å². The van der Waals surface area contributed by atoms with Gasteiger partial charge < -0.3 is 4.74 Å². The van der Waals surface area contributed by atoms with E-state index in [1.807, 2.05) is 0 Å². The summed E-state index contributed by atoms with van der Waals surface area (Å²) in [5.74, 6) is -0.358. The van der Waals surface area contributed by atoms with Crippen LogP contribution in [0.5, 0.6) is 0 Å². The number of carbonyl (C=O) groups is 2. The van der Waals surface area contributed by atoms with Crippen LogP contribution in [0.2, 0.25) is 0 Å². The molecule has 0 amide bonds. The molecular weight excluding hydrogens is 374 g/mol. The topological polar surface area (TPSA) is 92.1 Å². The van der Waals surface area contributed by atoms with Crippen LogP contribution in [0, 0.1) is 23.7 Å². The number of benzene rings is 1. The SMILES string of the molecule is COC(=O)[C@@H]1CC2CC2C[C@H]1C(=O)C(N=[N+]=[N-])c1ccc(Br)cc1. The molecule has 6 nitrogen and oxygen atoms in total.